The van der Waals surface area contributed by atoms with Crippen molar-refractivity contribution in [2.24, 2.45) is 0 Å². The number of anilines is 2. The maximum absolute atomic E-state index is 5.78. The molecule has 3 heterocycles. The lowest BCUT2D eigenvalue weighted by atomic mass is 9.79. The average molecular weight is 340 g/mol. The summed E-state index contributed by atoms with van der Waals surface area (Å²) in [4.78, 5) is 15.8. The predicted molar refractivity (Wildman–Crippen MR) is 101 cm³/mol. The van der Waals surface area contributed by atoms with Crippen LogP contribution in [0.4, 0.5) is 11.6 Å². The molecule has 2 aromatic rings. The Morgan fingerprint density at radius 1 is 1.00 bits per heavy atom. The van der Waals surface area contributed by atoms with Crippen LogP contribution in [0, 0.1) is 0 Å². The van der Waals surface area contributed by atoms with Gasteiger partial charge in [0.1, 0.15) is 18.0 Å². The molecule has 4 rings (SSSR count). The van der Waals surface area contributed by atoms with Crippen molar-refractivity contribution < 1.29 is 0 Å². The third kappa shape index (κ3) is 3.40. The number of fused-ring (bicyclic) bond motifs is 1. The van der Waals surface area contributed by atoms with Gasteiger partial charge < -0.3 is 11.1 Å². The Balaban J connectivity index is 1.57. The molecular formula is C19H28N6. The summed E-state index contributed by atoms with van der Waals surface area (Å²) in [6.45, 7) is 3.43. The number of hydrogen-bond acceptors (Lipinski definition) is 6. The number of nitrogen functional groups attached to an aromatic ring is 1. The highest BCUT2D eigenvalue weighted by molar-refractivity contribution is 5.87. The molecule has 0 radical (unpaired) electrons. The molecule has 134 valence electrons. The third-order valence-corrected chi connectivity index (χ3v) is 5.91. The minimum Gasteiger partial charge on any atom is -0.384 e. The molecule has 2 aromatic heterocycles. The molecule has 1 aliphatic heterocycles. The summed E-state index contributed by atoms with van der Waals surface area (Å²) >= 11 is 0. The predicted octanol–water partition coefficient (Wildman–Crippen LogP) is 3.21. The Morgan fingerprint density at radius 2 is 1.76 bits per heavy atom. The second kappa shape index (κ2) is 7.12. The SMILES string of the molecule is Nc1ccc2c(NCC3(N4CCCCC4)CCCCC3)ncnc2n1. The van der Waals surface area contributed by atoms with E-state index in [-0.39, 0.29) is 5.54 Å². The van der Waals surface area contributed by atoms with Crippen LogP contribution in [0.3, 0.4) is 0 Å². The molecule has 6 nitrogen and oxygen atoms in total. The molecule has 2 aliphatic rings. The van der Waals surface area contributed by atoms with E-state index in [0.717, 1.165) is 17.7 Å². The first-order valence-electron chi connectivity index (χ1n) is 9.63. The fourth-order valence-electron chi connectivity index (χ4n) is 4.53. The number of rotatable bonds is 4. The first-order chi connectivity index (χ1) is 12.3. The van der Waals surface area contributed by atoms with E-state index in [1.807, 2.05) is 12.1 Å². The molecule has 0 aromatic carbocycles. The Kier molecular flexibility index (Phi) is 4.70. The Labute approximate surface area is 149 Å². The van der Waals surface area contributed by atoms with Gasteiger partial charge in [0.25, 0.3) is 0 Å². The fourth-order valence-corrected chi connectivity index (χ4v) is 4.53. The lowest BCUT2D eigenvalue weighted by Crippen LogP contribution is -2.56. The van der Waals surface area contributed by atoms with E-state index in [4.69, 9.17) is 5.73 Å². The molecule has 25 heavy (non-hydrogen) atoms. The molecular weight excluding hydrogens is 312 g/mol. The van der Waals surface area contributed by atoms with E-state index in [9.17, 15) is 0 Å². The van der Waals surface area contributed by atoms with Gasteiger partial charge in [-0.15, -0.1) is 0 Å². The highest BCUT2D eigenvalue weighted by atomic mass is 15.2. The van der Waals surface area contributed by atoms with Gasteiger partial charge in [-0.3, -0.25) is 4.90 Å². The topological polar surface area (TPSA) is 80.0 Å². The van der Waals surface area contributed by atoms with Gasteiger partial charge in [0.15, 0.2) is 5.65 Å². The Bertz CT molecular complexity index is 719. The van der Waals surface area contributed by atoms with Gasteiger partial charge in [-0.25, -0.2) is 15.0 Å². The van der Waals surface area contributed by atoms with Crippen LogP contribution in [0.5, 0.6) is 0 Å². The van der Waals surface area contributed by atoms with Gasteiger partial charge in [-0.1, -0.05) is 25.7 Å². The van der Waals surface area contributed by atoms with Crippen LogP contribution in [-0.2, 0) is 0 Å². The fraction of sp³-hybridized carbons (Fsp3) is 0.632. The van der Waals surface area contributed by atoms with E-state index >= 15 is 0 Å². The monoisotopic (exact) mass is 340 g/mol. The van der Waals surface area contributed by atoms with E-state index < -0.39 is 0 Å². The molecule has 1 aliphatic carbocycles. The number of pyridine rings is 1. The highest BCUT2D eigenvalue weighted by Crippen LogP contribution is 2.36. The number of piperidine rings is 1. The number of nitrogens with one attached hydrogen (secondary N) is 1. The Morgan fingerprint density at radius 3 is 2.56 bits per heavy atom. The van der Waals surface area contributed by atoms with Crippen molar-refractivity contribution in [1.29, 1.82) is 0 Å². The minimum absolute atomic E-state index is 0.275. The van der Waals surface area contributed by atoms with Crippen LogP contribution in [0.1, 0.15) is 51.4 Å². The summed E-state index contributed by atoms with van der Waals surface area (Å²) < 4.78 is 0. The molecule has 0 unspecified atom stereocenters. The van der Waals surface area contributed by atoms with Crippen LogP contribution in [-0.4, -0.2) is 45.0 Å². The maximum atomic E-state index is 5.78. The van der Waals surface area contributed by atoms with Crippen molar-refractivity contribution in [3.63, 3.8) is 0 Å². The summed E-state index contributed by atoms with van der Waals surface area (Å²) in [5.41, 5.74) is 6.72. The number of aromatic nitrogens is 3. The number of nitrogens with two attached hydrogens (primary N) is 1. The molecule has 1 saturated heterocycles. The molecule has 0 spiro atoms. The van der Waals surface area contributed by atoms with Gasteiger partial charge in [0.2, 0.25) is 0 Å². The van der Waals surface area contributed by atoms with Gasteiger partial charge in [0, 0.05) is 12.1 Å². The number of hydrogen-bond donors (Lipinski definition) is 2. The van der Waals surface area contributed by atoms with Crippen LogP contribution < -0.4 is 11.1 Å². The first-order valence-corrected chi connectivity index (χ1v) is 9.63. The number of likely N-dealkylation sites (tertiary alicyclic amines) is 1. The zero-order valence-electron chi connectivity index (χ0n) is 14.9. The summed E-state index contributed by atoms with van der Waals surface area (Å²) in [5.74, 6) is 1.37. The van der Waals surface area contributed by atoms with Crippen molar-refractivity contribution in [2.45, 2.75) is 56.9 Å². The lowest BCUT2D eigenvalue weighted by molar-refractivity contribution is 0.0437. The standard InChI is InChI=1S/C19H28N6/c20-16-8-7-15-17(22-14-23-18(15)24-16)21-13-19(9-3-1-4-10-19)25-11-5-2-6-12-25/h7-8,14H,1-6,9-13H2,(H3,20,21,22,23,24). The summed E-state index contributed by atoms with van der Waals surface area (Å²) in [7, 11) is 0. The van der Waals surface area contributed by atoms with Crippen LogP contribution >= 0.6 is 0 Å². The quantitative estimate of drug-likeness (QED) is 0.889. The Hall–Kier alpha value is -1.95. The van der Waals surface area contributed by atoms with Crippen molar-refractivity contribution in [3.05, 3.63) is 18.5 Å². The largest absolute Gasteiger partial charge is 0.384 e. The number of nitrogens with zero attached hydrogens (tertiary/aromatic N) is 4. The zero-order valence-corrected chi connectivity index (χ0v) is 14.9. The van der Waals surface area contributed by atoms with Crippen molar-refractivity contribution >= 4 is 22.7 Å². The van der Waals surface area contributed by atoms with Crippen LogP contribution in [0.25, 0.3) is 11.0 Å². The molecule has 0 atom stereocenters. The molecule has 0 bridgehead atoms. The summed E-state index contributed by atoms with van der Waals surface area (Å²) in [6, 6.07) is 3.78. The zero-order chi connectivity index (χ0) is 17.1. The van der Waals surface area contributed by atoms with E-state index in [0.29, 0.717) is 11.5 Å². The van der Waals surface area contributed by atoms with Gasteiger partial charge in [-0.2, -0.15) is 0 Å². The van der Waals surface area contributed by atoms with Gasteiger partial charge in [-0.05, 0) is 50.9 Å². The van der Waals surface area contributed by atoms with Crippen molar-refractivity contribution in [3.8, 4) is 0 Å². The second-order valence-electron chi connectivity index (χ2n) is 7.52. The molecule has 6 heteroatoms. The molecule has 3 N–H and O–H groups in total. The molecule has 1 saturated carbocycles. The molecule has 0 amide bonds. The molecule has 2 fully saturated rings. The minimum atomic E-state index is 0.275. The van der Waals surface area contributed by atoms with E-state index in [1.54, 1.807) is 6.33 Å². The third-order valence-electron chi connectivity index (χ3n) is 5.91. The second-order valence-corrected chi connectivity index (χ2v) is 7.52. The lowest BCUT2D eigenvalue weighted by Gasteiger charge is -2.48. The highest BCUT2D eigenvalue weighted by Gasteiger charge is 2.38. The van der Waals surface area contributed by atoms with Gasteiger partial charge in [0.05, 0.1) is 5.39 Å². The van der Waals surface area contributed by atoms with Crippen LogP contribution in [0.2, 0.25) is 0 Å². The van der Waals surface area contributed by atoms with E-state index in [2.05, 4.69) is 25.2 Å². The van der Waals surface area contributed by atoms with Crippen molar-refractivity contribution in [2.75, 3.05) is 30.7 Å². The summed E-state index contributed by atoms with van der Waals surface area (Å²) in [6.07, 6.45) is 12.2. The average Bonchev–Trinajstić information content (AvgIpc) is 2.67. The van der Waals surface area contributed by atoms with E-state index in [1.165, 1.54) is 64.5 Å². The van der Waals surface area contributed by atoms with Gasteiger partial charge >= 0.3 is 0 Å². The smallest absolute Gasteiger partial charge is 0.166 e. The van der Waals surface area contributed by atoms with Crippen LogP contribution in [0.15, 0.2) is 18.5 Å². The summed E-state index contributed by atoms with van der Waals surface area (Å²) in [5, 5.41) is 4.59. The van der Waals surface area contributed by atoms with Crippen molar-refractivity contribution in [1.82, 2.24) is 19.9 Å². The maximum Gasteiger partial charge on any atom is 0.166 e. The first kappa shape index (κ1) is 16.5. The normalized spacial score (nSPS) is 21.3.